The molecule has 3 aromatic carbocycles. The van der Waals surface area contributed by atoms with Gasteiger partial charge in [-0.25, -0.2) is 4.79 Å². The smallest absolute Gasteiger partial charge is 0.308 e. The molecule has 1 N–H and O–H groups in total. The number of fused-ring (bicyclic) bond motifs is 2. The minimum atomic E-state index is -1.03. The fraction of sp³-hybridized carbons (Fsp3) is 0.231. The van der Waals surface area contributed by atoms with Gasteiger partial charge in [0.05, 0.1) is 12.2 Å². The average Bonchev–Trinajstić information content (AvgIpc) is 3.34. The summed E-state index contributed by atoms with van der Waals surface area (Å²) in [6.07, 6.45) is 0. The zero-order valence-corrected chi connectivity index (χ0v) is 19.0. The molecule has 1 fully saturated rings. The number of hydrogen-bond acceptors (Lipinski definition) is 3. The van der Waals surface area contributed by atoms with Crippen molar-refractivity contribution < 1.29 is 9.59 Å². The second kappa shape index (κ2) is 8.02. The van der Waals surface area contributed by atoms with Gasteiger partial charge in [-0.2, -0.15) is 0 Å². The number of carbonyl (C=O) groups excluding carboxylic acids is 2. The topological polar surface area (TPSA) is 52.7 Å². The summed E-state index contributed by atoms with van der Waals surface area (Å²) in [6.45, 7) is 5.07. The molecule has 3 aromatic rings. The fourth-order valence-corrected chi connectivity index (χ4v) is 5.97. The Bertz CT molecular complexity index is 1190. The molecule has 0 bridgehead atoms. The number of urea groups is 1. The Morgan fingerprint density at radius 2 is 1.72 bits per heavy atom. The molecule has 0 aliphatic carbocycles. The third kappa shape index (κ3) is 3.26. The number of amides is 3. The number of nitrogens with zero attached hydrogens (tertiary/aromatic N) is 2. The Morgan fingerprint density at radius 3 is 2.50 bits per heavy atom. The van der Waals surface area contributed by atoms with E-state index in [-0.39, 0.29) is 11.9 Å². The van der Waals surface area contributed by atoms with Crippen LogP contribution < -0.4 is 10.2 Å². The van der Waals surface area contributed by atoms with Crippen molar-refractivity contribution >= 4 is 35.1 Å². The lowest BCUT2D eigenvalue weighted by atomic mass is 10.1. The van der Waals surface area contributed by atoms with Gasteiger partial charge in [-0.15, -0.1) is 11.8 Å². The van der Waals surface area contributed by atoms with Crippen LogP contribution in [0.2, 0.25) is 0 Å². The normalized spacial score (nSPS) is 19.5. The van der Waals surface area contributed by atoms with Gasteiger partial charge in [0.15, 0.2) is 4.87 Å². The Hall–Kier alpha value is -3.25. The lowest BCUT2D eigenvalue weighted by Crippen LogP contribution is -2.51. The fourth-order valence-electron chi connectivity index (χ4n) is 4.51. The predicted octanol–water partition coefficient (Wildman–Crippen LogP) is 5.28. The van der Waals surface area contributed by atoms with Crippen LogP contribution in [-0.4, -0.2) is 29.1 Å². The maximum absolute atomic E-state index is 14.0. The van der Waals surface area contributed by atoms with Crippen molar-refractivity contribution in [3.63, 3.8) is 0 Å². The highest BCUT2D eigenvalue weighted by molar-refractivity contribution is 8.01. The number of thioether (sulfide) groups is 1. The molecule has 32 heavy (non-hydrogen) atoms. The number of benzene rings is 3. The molecule has 0 radical (unpaired) electrons. The summed E-state index contributed by atoms with van der Waals surface area (Å²) >= 11 is 1.54. The van der Waals surface area contributed by atoms with Crippen LogP contribution in [0.15, 0.2) is 72.8 Å². The van der Waals surface area contributed by atoms with E-state index in [1.807, 2.05) is 72.5 Å². The third-order valence-corrected chi connectivity index (χ3v) is 7.66. The number of carbonyl (C=O) groups is 2. The van der Waals surface area contributed by atoms with Crippen molar-refractivity contribution in [3.05, 3.63) is 95.1 Å². The number of rotatable bonds is 3. The molecule has 0 aromatic heterocycles. The van der Waals surface area contributed by atoms with Gasteiger partial charge in [-0.05, 0) is 43.2 Å². The lowest BCUT2D eigenvalue weighted by molar-refractivity contribution is -0.123. The summed E-state index contributed by atoms with van der Waals surface area (Å²) in [5.41, 5.74) is 5.87. The van der Waals surface area contributed by atoms with Crippen LogP contribution >= 0.6 is 11.8 Å². The zero-order valence-electron chi connectivity index (χ0n) is 18.2. The van der Waals surface area contributed by atoms with E-state index in [0.717, 1.165) is 33.6 Å². The molecule has 0 unspecified atom stereocenters. The van der Waals surface area contributed by atoms with Gasteiger partial charge in [0.1, 0.15) is 0 Å². The summed E-state index contributed by atoms with van der Waals surface area (Å²) in [7, 11) is 0. The first-order valence-electron chi connectivity index (χ1n) is 10.8. The molecule has 2 aliphatic heterocycles. The van der Waals surface area contributed by atoms with Crippen LogP contribution in [0.25, 0.3) is 0 Å². The van der Waals surface area contributed by atoms with Crippen LogP contribution in [0.1, 0.15) is 22.3 Å². The van der Waals surface area contributed by atoms with Crippen LogP contribution in [0.5, 0.6) is 0 Å². The molecule has 2 heterocycles. The maximum atomic E-state index is 14.0. The molecule has 5 rings (SSSR count). The van der Waals surface area contributed by atoms with E-state index in [4.69, 9.17) is 0 Å². The lowest BCUT2D eigenvalue weighted by Gasteiger charge is -2.33. The summed E-state index contributed by atoms with van der Waals surface area (Å²) < 4.78 is 0. The van der Waals surface area contributed by atoms with E-state index < -0.39 is 4.87 Å². The van der Waals surface area contributed by atoms with E-state index in [9.17, 15) is 9.59 Å². The van der Waals surface area contributed by atoms with Crippen LogP contribution in [-0.2, 0) is 16.2 Å². The Morgan fingerprint density at radius 1 is 1.00 bits per heavy atom. The Balaban J connectivity index is 1.51. The van der Waals surface area contributed by atoms with E-state index in [1.54, 1.807) is 16.7 Å². The Kier molecular flexibility index (Phi) is 5.18. The van der Waals surface area contributed by atoms with E-state index in [2.05, 4.69) is 24.4 Å². The first kappa shape index (κ1) is 20.6. The van der Waals surface area contributed by atoms with Crippen molar-refractivity contribution in [1.82, 2.24) is 4.90 Å². The highest BCUT2D eigenvalue weighted by Crippen LogP contribution is 2.54. The van der Waals surface area contributed by atoms with Crippen molar-refractivity contribution in [2.75, 3.05) is 22.5 Å². The van der Waals surface area contributed by atoms with Gasteiger partial charge < -0.3 is 10.2 Å². The quantitative estimate of drug-likeness (QED) is 0.599. The summed E-state index contributed by atoms with van der Waals surface area (Å²) in [5, 5.41) is 2.99. The number of hydrogen-bond donors (Lipinski definition) is 1. The molecule has 5 nitrogen and oxygen atoms in total. The average molecular weight is 444 g/mol. The standard InChI is InChI=1S/C26H25N3O2S/c1-18-11-13-21(14-12-18)27-25(31)29-15-16-32-26(29)22-9-5-6-10-23(22)28(24(26)30)17-20-8-4-3-7-19(20)2/h3-14H,15-17H2,1-2H3,(H,27,31)/t26-/m1/s1. The Labute approximate surface area is 192 Å². The highest BCUT2D eigenvalue weighted by Gasteiger charge is 2.59. The molecule has 2 aliphatic rings. The predicted molar refractivity (Wildman–Crippen MR) is 130 cm³/mol. The molecule has 6 heteroatoms. The molecular weight excluding hydrogens is 418 g/mol. The number of aryl methyl sites for hydroxylation is 2. The van der Waals surface area contributed by atoms with Crippen LogP contribution in [0.3, 0.4) is 0 Å². The van der Waals surface area contributed by atoms with Crippen molar-refractivity contribution in [3.8, 4) is 0 Å². The highest BCUT2D eigenvalue weighted by atomic mass is 32.2. The first-order chi connectivity index (χ1) is 15.5. The van der Waals surface area contributed by atoms with Crippen LogP contribution in [0, 0.1) is 13.8 Å². The zero-order chi connectivity index (χ0) is 22.3. The molecule has 1 spiro atoms. The van der Waals surface area contributed by atoms with Crippen molar-refractivity contribution in [1.29, 1.82) is 0 Å². The van der Waals surface area contributed by atoms with Gasteiger partial charge >= 0.3 is 6.03 Å². The van der Waals surface area contributed by atoms with Gasteiger partial charge in [0.2, 0.25) is 0 Å². The number of para-hydroxylation sites is 1. The first-order valence-corrected chi connectivity index (χ1v) is 11.7. The van der Waals surface area contributed by atoms with Crippen molar-refractivity contribution in [2.45, 2.75) is 25.3 Å². The maximum Gasteiger partial charge on any atom is 0.323 e. The van der Waals surface area contributed by atoms with Crippen LogP contribution in [0.4, 0.5) is 16.2 Å². The number of anilines is 2. The second-order valence-electron chi connectivity index (χ2n) is 8.28. The van der Waals surface area contributed by atoms with E-state index >= 15 is 0 Å². The summed E-state index contributed by atoms with van der Waals surface area (Å²) in [6, 6.07) is 23.4. The second-order valence-corrected chi connectivity index (χ2v) is 9.56. The minimum Gasteiger partial charge on any atom is -0.308 e. The molecule has 1 atom stereocenters. The molecule has 0 saturated carbocycles. The van der Waals surface area contributed by atoms with Gasteiger partial charge in [-0.3, -0.25) is 9.69 Å². The van der Waals surface area contributed by atoms with E-state index in [0.29, 0.717) is 18.8 Å². The van der Waals surface area contributed by atoms with Gasteiger partial charge in [0, 0.05) is 23.5 Å². The van der Waals surface area contributed by atoms with Crippen molar-refractivity contribution in [2.24, 2.45) is 0 Å². The van der Waals surface area contributed by atoms with Gasteiger partial charge in [0.25, 0.3) is 5.91 Å². The minimum absolute atomic E-state index is 0.0523. The SMILES string of the molecule is Cc1ccc(NC(=O)N2CCS[C@]23C(=O)N(Cc2ccccc2C)c2ccccc23)cc1. The van der Waals surface area contributed by atoms with E-state index in [1.165, 1.54) is 0 Å². The number of nitrogens with one attached hydrogen (secondary N) is 1. The molecular formula is C26H25N3O2S. The molecule has 3 amide bonds. The molecule has 1 saturated heterocycles. The van der Waals surface area contributed by atoms with Gasteiger partial charge in [-0.1, -0.05) is 60.2 Å². The largest absolute Gasteiger partial charge is 0.323 e. The molecule has 162 valence electrons. The third-order valence-electron chi connectivity index (χ3n) is 6.24. The summed E-state index contributed by atoms with van der Waals surface area (Å²) in [4.78, 5) is 29.9. The summed E-state index contributed by atoms with van der Waals surface area (Å²) in [5.74, 6) is 0.656. The monoisotopic (exact) mass is 443 g/mol.